The summed E-state index contributed by atoms with van der Waals surface area (Å²) in [6.45, 7) is 6.40. The van der Waals surface area contributed by atoms with Gasteiger partial charge in [0.15, 0.2) is 11.9 Å². The van der Waals surface area contributed by atoms with Crippen molar-refractivity contribution in [3.63, 3.8) is 0 Å². The summed E-state index contributed by atoms with van der Waals surface area (Å²) in [5.74, 6) is -0.397. The van der Waals surface area contributed by atoms with Crippen LogP contribution >= 0.6 is 0 Å². The van der Waals surface area contributed by atoms with Gasteiger partial charge in [-0.1, -0.05) is 32.9 Å². The number of ether oxygens (including phenoxy) is 1. The number of nitrogens with zero attached hydrogens (tertiary/aromatic N) is 1. The van der Waals surface area contributed by atoms with Crippen molar-refractivity contribution in [1.82, 2.24) is 5.32 Å². The molecule has 0 fully saturated rings. The summed E-state index contributed by atoms with van der Waals surface area (Å²) >= 11 is 0. The lowest BCUT2D eigenvalue weighted by Crippen LogP contribution is -2.53. The highest BCUT2D eigenvalue weighted by molar-refractivity contribution is 6.18. The molecule has 112 valence electrons. The summed E-state index contributed by atoms with van der Waals surface area (Å²) in [6, 6.07) is 6.44. The fourth-order valence-electron chi connectivity index (χ4n) is 1.83. The molecule has 1 aliphatic rings. The van der Waals surface area contributed by atoms with Crippen LogP contribution in [-0.4, -0.2) is 30.3 Å². The third kappa shape index (κ3) is 3.66. The van der Waals surface area contributed by atoms with E-state index in [9.17, 15) is 9.59 Å². The molecule has 1 unspecified atom stereocenters. The Kier molecular flexibility index (Phi) is 4.09. The maximum absolute atomic E-state index is 11.4. The van der Waals surface area contributed by atoms with Gasteiger partial charge in [0.1, 0.15) is 12.4 Å². The molecule has 0 aliphatic carbocycles. The summed E-state index contributed by atoms with van der Waals surface area (Å²) in [7, 11) is 0. The highest BCUT2D eigenvalue weighted by atomic mass is 16.5. The van der Waals surface area contributed by atoms with Crippen molar-refractivity contribution in [2.75, 3.05) is 6.61 Å². The van der Waals surface area contributed by atoms with Crippen LogP contribution in [0, 0.1) is 0 Å². The lowest BCUT2D eigenvalue weighted by atomic mass is 9.87. The second-order valence-corrected chi connectivity index (χ2v) is 5.93. The van der Waals surface area contributed by atoms with Gasteiger partial charge in [-0.15, -0.1) is 0 Å². The van der Waals surface area contributed by atoms with Gasteiger partial charge in [-0.25, -0.2) is 0 Å². The topological polar surface area (TPSA) is 93.8 Å². The van der Waals surface area contributed by atoms with Gasteiger partial charge in [0.2, 0.25) is 0 Å². The molecule has 1 aliphatic heterocycles. The van der Waals surface area contributed by atoms with E-state index in [1.807, 2.05) is 24.3 Å². The highest BCUT2D eigenvalue weighted by Gasteiger charge is 2.28. The molecule has 0 spiro atoms. The van der Waals surface area contributed by atoms with Crippen LogP contribution in [-0.2, 0) is 15.0 Å². The second-order valence-electron chi connectivity index (χ2n) is 5.93. The van der Waals surface area contributed by atoms with Crippen LogP contribution in [0.25, 0.3) is 0 Å². The first-order valence-electron chi connectivity index (χ1n) is 6.68. The van der Waals surface area contributed by atoms with Crippen LogP contribution in [0.3, 0.4) is 0 Å². The average Bonchev–Trinajstić information content (AvgIpc) is 2.42. The van der Waals surface area contributed by atoms with E-state index in [1.165, 1.54) is 5.56 Å². The van der Waals surface area contributed by atoms with Crippen LogP contribution < -0.4 is 15.8 Å². The zero-order valence-electron chi connectivity index (χ0n) is 12.3. The van der Waals surface area contributed by atoms with E-state index in [0.29, 0.717) is 5.75 Å². The molecule has 2 rings (SSSR count). The number of hydrogen-bond acceptors (Lipinski definition) is 4. The first-order valence-corrected chi connectivity index (χ1v) is 6.68. The number of amidine groups is 1. The molecule has 0 saturated carbocycles. The van der Waals surface area contributed by atoms with Gasteiger partial charge in [-0.2, -0.15) is 4.99 Å². The molecule has 0 aromatic heterocycles. The van der Waals surface area contributed by atoms with Gasteiger partial charge in [0, 0.05) is 0 Å². The predicted molar refractivity (Wildman–Crippen MR) is 79.2 cm³/mol. The smallest absolute Gasteiger partial charge is 0.274 e. The minimum absolute atomic E-state index is 0.0130. The van der Waals surface area contributed by atoms with Gasteiger partial charge in [-0.05, 0) is 23.1 Å². The van der Waals surface area contributed by atoms with Crippen molar-refractivity contribution < 1.29 is 14.3 Å². The summed E-state index contributed by atoms with van der Waals surface area (Å²) in [6.07, 6.45) is 0. The van der Waals surface area contributed by atoms with Gasteiger partial charge in [0.25, 0.3) is 11.8 Å². The third-order valence-corrected chi connectivity index (χ3v) is 3.16. The number of nitrogens with one attached hydrogen (secondary N) is 1. The van der Waals surface area contributed by atoms with Crippen molar-refractivity contribution in [3.05, 3.63) is 29.8 Å². The van der Waals surface area contributed by atoms with Gasteiger partial charge in [-0.3, -0.25) is 9.59 Å². The number of carbonyl (C=O) groups excluding carboxylic acids is 2. The van der Waals surface area contributed by atoms with E-state index < -0.39 is 17.9 Å². The van der Waals surface area contributed by atoms with Gasteiger partial charge < -0.3 is 15.8 Å². The Balaban J connectivity index is 1.99. The average molecular weight is 289 g/mol. The molecular formula is C15H19N3O3. The number of hydrogen-bond donors (Lipinski definition) is 2. The van der Waals surface area contributed by atoms with Crippen molar-refractivity contribution in [2.24, 2.45) is 10.7 Å². The molecule has 6 heteroatoms. The Labute approximate surface area is 123 Å². The zero-order chi connectivity index (χ0) is 15.6. The lowest BCUT2D eigenvalue weighted by molar-refractivity contribution is -0.129. The molecule has 2 amide bonds. The predicted octanol–water partition coefficient (Wildman–Crippen LogP) is 0.745. The van der Waals surface area contributed by atoms with Crippen LogP contribution in [0.2, 0.25) is 0 Å². The monoisotopic (exact) mass is 289 g/mol. The number of carbonyl (C=O) groups is 2. The van der Waals surface area contributed by atoms with E-state index in [-0.39, 0.29) is 17.9 Å². The quantitative estimate of drug-likeness (QED) is 0.803. The first-order chi connectivity index (χ1) is 9.77. The number of benzene rings is 1. The Morgan fingerprint density at radius 3 is 2.38 bits per heavy atom. The van der Waals surface area contributed by atoms with Crippen LogP contribution in [0.4, 0.5) is 0 Å². The summed E-state index contributed by atoms with van der Waals surface area (Å²) in [5.41, 5.74) is 6.60. The molecule has 0 bridgehead atoms. The minimum atomic E-state index is -1.22. The third-order valence-electron chi connectivity index (χ3n) is 3.16. The van der Waals surface area contributed by atoms with Crippen LogP contribution in [0.15, 0.2) is 29.3 Å². The van der Waals surface area contributed by atoms with E-state index >= 15 is 0 Å². The second kappa shape index (κ2) is 5.65. The fourth-order valence-corrected chi connectivity index (χ4v) is 1.83. The van der Waals surface area contributed by atoms with Crippen LogP contribution in [0.5, 0.6) is 5.75 Å². The van der Waals surface area contributed by atoms with E-state index in [0.717, 1.165) is 0 Å². The highest BCUT2D eigenvalue weighted by Crippen LogP contribution is 2.24. The number of aliphatic imine (C=N–C) groups is 1. The zero-order valence-corrected chi connectivity index (χ0v) is 12.3. The Morgan fingerprint density at radius 2 is 1.86 bits per heavy atom. The van der Waals surface area contributed by atoms with E-state index in [1.54, 1.807) is 0 Å². The minimum Gasteiger partial charge on any atom is -0.486 e. The molecule has 6 nitrogen and oxygen atoms in total. The summed E-state index contributed by atoms with van der Waals surface area (Å²) in [5, 5.41) is 2.44. The molecule has 21 heavy (non-hydrogen) atoms. The molecule has 0 radical (unpaired) electrons. The van der Waals surface area contributed by atoms with E-state index in [4.69, 9.17) is 10.5 Å². The molecule has 1 aromatic carbocycles. The van der Waals surface area contributed by atoms with Gasteiger partial charge >= 0.3 is 0 Å². The van der Waals surface area contributed by atoms with Crippen molar-refractivity contribution >= 4 is 17.6 Å². The Bertz CT molecular complexity index is 585. The molecule has 1 aromatic rings. The molecule has 3 N–H and O–H groups in total. The van der Waals surface area contributed by atoms with Crippen LogP contribution in [0.1, 0.15) is 26.3 Å². The first kappa shape index (κ1) is 15.2. The molecular weight excluding hydrogens is 270 g/mol. The SMILES string of the molecule is CC(C)(C)c1ccc(OCC2=NC(=O)C(N)C(=O)N2)cc1. The van der Waals surface area contributed by atoms with Crippen molar-refractivity contribution in [1.29, 1.82) is 0 Å². The van der Waals surface area contributed by atoms with Crippen molar-refractivity contribution in [2.45, 2.75) is 32.2 Å². The van der Waals surface area contributed by atoms with Crippen molar-refractivity contribution in [3.8, 4) is 5.75 Å². The number of rotatable bonds is 3. The summed E-state index contributed by atoms with van der Waals surface area (Å²) < 4.78 is 5.51. The largest absolute Gasteiger partial charge is 0.486 e. The Morgan fingerprint density at radius 1 is 1.24 bits per heavy atom. The number of amides is 2. The maximum Gasteiger partial charge on any atom is 0.274 e. The number of nitrogens with two attached hydrogens (primary N) is 1. The van der Waals surface area contributed by atoms with E-state index in [2.05, 4.69) is 31.1 Å². The summed E-state index contributed by atoms with van der Waals surface area (Å²) in [4.78, 5) is 26.4. The molecule has 1 heterocycles. The molecule has 1 atom stereocenters. The lowest BCUT2D eigenvalue weighted by Gasteiger charge is -2.20. The van der Waals surface area contributed by atoms with Gasteiger partial charge in [0.05, 0.1) is 0 Å². The standard InChI is InChI=1S/C15H19N3O3/c1-15(2,3)9-4-6-10(7-5-9)21-8-11-17-13(19)12(16)14(20)18-11/h4-7,12H,8,16H2,1-3H3,(H,17,18,19,20). The molecule has 0 saturated heterocycles. The fraction of sp³-hybridized carbons (Fsp3) is 0.400. The normalized spacial score (nSPS) is 19.0. The Hall–Kier alpha value is -2.21. The maximum atomic E-state index is 11.4.